The van der Waals surface area contributed by atoms with Crippen LogP contribution in [0.4, 0.5) is 0 Å². The zero-order valence-corrected chi connectivity index (χ0v) is 18.7. The van der Waals surface area contributed by atoms with Crippen LogP contribution in [0.1, 0.15) is 18.9 Å². The summed E-state index contributed by atoms with van der Waals surface area (Å²) >= 11 is 1.44. The van der Waals surface area contributed by atoms with Crippen molar-refractivity contribution in [3.8, 4) is 5.75 Å². The summed E-state index contributed by atoms with van der Waals surface area (Å²) in [6.07, 6.45) is 2.16. The molecule has 0 aliphatic carbocycles. The Bertz CT molecular complexity index is 791. The van der Waals surface area contributed by atoms with Crippen LogP contribution >= 0.6 is 11.8 Å². The molecule has 1 aromatic rings. The predicted octanol–water partition coefficient (Wildman–Crippen LogP) is -1.43. The van der Waals surface area contributed by atoms with E-state index in [1.165, 1.54) is 30.8 Å². The molecule has 3 amide bonds. The summed E-state index contributed by atoms with van der Waals surface area (Å²) < 4.78 is 0. The zero-order valence-electron chi connectivity index (χ0n) is 17.9. The van der Waals surface area contributed by atoms with Crippen molar-refractivity contribution in [3.63, 3.8) is 0 Å². The number of nitrogens with two attached hydrogens (primary N) is 1. The smallest absolute Gasteiger partial charge is 0.326 e. The molecule has 8 N–H and O–H groups in total. The lowest BCUT2D eigenvalue weighted by Gasteiger charge is -2.22. The van der Waals surface area contributed by atoms with Crippen LogP contribution in [-0.4, -0.2) is 81.8 Å². The van der Waals surface area contributed by atoms with Gasteiger partial charge in [-0.1, -0.05) is 12.1 Å². The van der Waals surface area contributed by atoms with E-state index >= 15 is 0 Å². The highest BCUT2D eigenvalue weighted by Crippen LogP contribution is 2.11. The predicted molar refractivity (Wildman–Crippen MR) is 119 cm³/mol. The highest BCUT2D eigenvalue weighted by Gasteiger charge is 2.28. The number of carbonyl (C=O) groups excluding carboxylic acids is 3. The molecule has 4 unspecified atom stereocenters. The number of phenols is 1. The van der Waals surface area contributed by atoms with Crippen molar-refractivity contribution in [1.82, 2.24) is 16.0 Å². The maximum Gasteiger partial charge on any atom is 0.326 e. The highest BCUT2D eigenvalue weighted by atomic mass is 32.2. The van der Waals surface area contributed by atoms with Gasteiger partial charge < -0.3 is 37.0 Å². The summed E-state index contributed by atoms with van der Waals surface area (Å²) in [7, 11) is 0. The van der Waals surface area contributed by atoms with E-state index in [2.05, 4.69) is 16.0 Å². The quantitative estimate of drug-likeness (QED) is 0.181. The lowest BCUT2D eigenvalue weighted by Crippen LogP contribution is -2.57. The molecule has 1 aromatic carbocycles. The number of aromatic hydroxyl groups is 1. The van der Waals surface area contributed by atoms with E-state index in [4.69, 9.17) is 5.73 Å². The Hall–Kier alpha value is -2.83. The number of aliphatic hydroxyl groups excluding tert-OH is 1. The number of rotatable bonds is 13. The molecule has 0 saturated heterocycles. The summed E-state index contributed by atoms with van der Waals surface area (Å²) in [5.74, 6) is -2.81. The number of benzene rings is 1. The van der Waals surface area contributed by atoms with Gasteiger partial charge in [-0.25, -0.2) is 4.79 Å². The number of aliphatic carboxylic acids is 1. The Morgan fingerprint density at radius 2 is 1.59 bits per heavy atom. The van der Waals surface area contributed by atoms with Gasteiger partial charge >= 0.3 is 5.97 Å². The van der Waals surface area contributed by atoms with Crippen LogP contribution in [-0.2, 0) is 25.6 Å². The van der Waals surface area contributed by atoms with Crippen molar-refractivity contribution < 1.29 is 34.5 Å². The van der Waals surface area contributed by atoms with E-state index in [0.717, 1.165) is 0 Å². The molecule has 0 fully saturated rings. The number of hydrogen-bond acceptors (Lipinski definition) is 8. The van der Waals surface area contributed by atoms with Crippen molar-refractivity contribution >= 4 is 35.5 Å². The van der Waals surface area contributed by atoms with Gasteiger partial charge in [-0.05, 0) is 49.5 Å². The Morgan fingerprint density at radius 3 is 2.12 bits per heavy atom. The second-order valence-electron chi connectivity index (χ2n) is 7.13. The fourth-order valence-electron chi connectivity index (χ4n) is 2.62. The SMILES string of the molecule is CSCCC(NC(=O)C(C)NC(=O)C(CO)NC(=O)C(N)Cc1ccc(O)cc1)C(=O)O. The van der Waals surface area contributed by atoms with E-state index in [1.54, 1.807) is 12.1 Å². The normalized spacial score (nSPS) is 14.5. The van der Waals surface area contributed by atoms with Gasteiger partial charge in [0.1, 0.15) is 23.9 Å². The summed E-state index contributed by atoms with van der Waals surface area (Å²) in [5.41, 5.74) is 6.54. The van der Waals surface area contributed by atoms with Gasteiger partial charge in [0, 0.05) is 0 Å². The molecule has 0 radical (unpaired) electrons. The molecule has 12 heteroatoms. The standard InChI is InChI=1S/C20H30N4O7S/c1-11(17(27)23-15(20(30)31)7-8-32-2)22-19(29)16(10-25)24-18(28)14(21)9-12-3-5-13(26)6-4-12/h3-6,11,14-16,25-26H,7-10,21H2,1-2H3,(H,22,29)(H,23,27)(H,24,28)(H,30,31). The molecule has 0 saturated carbocycles. The second kappa shape index (κ2) is 13.6. The van der Waals surface area contributed by atoms with E-state index in [9.17, 15) is 34.5 Å². The molecule has 4 atom stereocenters. The second-order valence-corrected chi connectivity index (χ2v) is 8.12. The molecule has 0 aliphatic rings. The first-order valence-electron chi connectivity index (χ1n) is 9.86. The molecule has 1 rings (SSSR count). The Balaban J connectivity index is 2.62. The first kappa shape index (κ1) is 27.2. The maximum absolute atomic E-state index is 12.4. The van der Waals surface area contributed by atoms with Gasteiger partial charge in [0.05, 0.1) is 12.6 Å². The van der Waals surface area contributed by atoms with Crippen LogP contribution in [0.2, 0.25) is 0 Å². The number of carboxylic acid groups (broad SMARTS) is 1. The average molecular weight is 471 g/mol. The number of nitrogens with one attached hydrogen (secondary N) is 3. The zero-order chi connectivity index (χ0) is 24.3. The monoisotopic (exact) mass is 470 g/mol. The van der Waals surface area contributed by atoms with Crippen LogP contribution in [0, 0.1) is 0 Å². The third-order valence-corrected chi connectivity index (χ3v) is 5.17. The van der Waals surface area contributed by atoms with Gasteiger partial charge in [0.25, 0.3) is 0 Å². The van der Waals surface area contributed by atoms with Crippen LogP contribution < -0.4 is 21.7 Å². The van der Waals surface area contributed by atoms with E-state index in [-0.39, 0.29) is 18.6 Å². The Kier molecular flexibility index (Phi) is 11.5. The minimum absolute atomic E-state index is 0.0703. The number of carboxylic acids is 1. The van der Waals surface area contributed by atoms with Crippen molar-refractivity contribution in [1.29, 1.82) is 0 Å². The third-order valence-electron chi connectivity index (χ3n) is 4.52. The van der Waals surface area contributed by atoms with E-state index < -0.39 is 54.5 Å². The number of aliphatic hydroxyl groups is 1. The van der Waals surface area contributed by atoms with Gasteiger partial charge in [-0.3, -0.25) is 14.4 Å². The van der Waals surface area contributed by atoms with Crippen molar-refractivity contribution in [2.45, 2.75) is 43.9 Å². The molecule has 32 heavy (non-hydrogen) atoms. The Morgan fingerprint density at radius 1 is 1.00 bits per heavy atom. The summed E-state index contributed by atoms with van der Waals surface area (Å²) in [5, 5.41) is 35.0. The van der Waals surface area contributed by atoms with Gasteiger partial charge in [-0.15, -0.1) is 0 Å². The molecule has 0 heterocycles. The summed E-state index contributed by atoms with van der Waals surface area (Å²) in [6.45, 7) is 0.622. The lowest BCUT2D eigenvalue weighted by atomic mass is 10.1. The van der Waals surface area contributed by atoms with Crippen molar-refractivity contribution in [3.05, 3.63) is 29.8 Å². The topological polar surface area (TPSA) is 191 Å². The lowest BCUT2D eigenvalue weighted by molar-refractivity contribution is -0.142. The summed E-state index contributed by atoms with van der Waals surface area (Å²) in [6, 6.07) is 1.53. The molecular formula is C20H30N4O7S. The molecule has 11 nitrogen and oxygen atoms in total. The van der Waals surface area contributed by atoms with Gasteiger partial charge in [0.15, 0.2) is 0 Å². The van der Waals surface area contributed by atoms with E-state index in [0.29, 0.717) is 11.3 Å². The number of phenolic OH excluding ortho intramolecular Hbond substituents is 1. The van der Waals surface area contributed by atoms with Crippen LogP contribution in [0.25, 0.3) is 0 Å². The molecule has 0 bridgehead atoms. The fraction of sp³-hybridized carbons (Fsp3) is 0.500. The average Bonchev–Trinajstić information content (AvgIpc) is 2.75. The van der Waals surface area contributed by atoms with Gasteiger partial charge in [-0.2, -0.15) is 11.8 Å². The summed E-state index contributed by atoms with van der Waals surface area (Å²) in [4.78, 5) is 48.2. The maximum atomic E-state index is 12.4. The number of amides is 3. The van der Waals surface area contributed by atoms with Crippen LogP contribution in [0.5, 0.6) is 5.75 Å². The molecule has 0 spiro atoms. The number of thioether (sulfide) groups is 1. The minimum atomic E-state index is -1.35. The highest BCUT2D eigenvalue weighted by molar-refractivity contribution is 7.98. The first-order valence-corrected chi connectivity index (χ1v) is 11.3. The number of hydrogen-bond donors (Lipinski definition) is 7. The Labute approximate surface area is 190 Å². The molecule has 0 aromatic heterocycles. The largest absolute Gasteiger partial charge is 0.508 e. The van der Waals surface area contributed by atoms with Crippen LogP contribution in [0.15, 0.2) is 24.3 Å². The van der Waals surface area contributed by atoms with Crippen molar-refractivity contribution in [2.24, 2.45) is 5.73 Å². The van der Waals surface area contributed by atoms with Crippen molar-refractivity contribution in [2.75, 3.05) is 18.6 Å². The van der Waals surface area contributed by atoms with Gasteiger partial charge in [0.2, 0.25) is 17.7 Å². The van der Waals surface area contributed by atoms with Crippen LogP contribution in [0.3, 0.4) is 0 Å². The van der Waals surface area contributed by atoms with E-state index in [1.807, 2.05) is 6.26 Å². The minimum Gasteiger partial charge on any atom is -0.508 e. The molecular weight excluding hydrogens is 440 g/mol. The number of carbonyl (C=O) groups is 4. The molecule has 178 valence electrons. The first-order chi connectivity index (χ1) is 15.1. The fourth-order valence-corrected chi connectivity index (χ4v) is 3.09. The molecule has 0 aliphatic heterocycles. The third kappa shape index (κ3) is 9.12.